The van der Waals surface area contributed by atoms with Crippen LogP contribution < -0.4 is 0 Å². The molecule has 3 rings (SSSR count). The molecule has 3 aliphatic carbocycles. The van der Waals surface area contributed by atoms with Crippen LogP contribution in [0.15, 0.2) is 24.8 Å². The highest BCUT2D eigenvalue weighted by Crippen LogP contribution is 2.44. The number of hydrogen-bond acceptors (Lipinski definition) is 2. The minimum atomic E-state index is -1.33. The van der Waals surface area contributed by atoms with Crippen LogP contribution in [0.4, 0.5) is 0 Å². The van der Waals surface area contributed by atoms with Crippen molar-refractivity contribution in [3.8, 4) is 0 Å². The van der Waals surface area contributed by atoms with E-state index >= 15 is 0 Å². The molecule has 14 heavy (non-hydrogen) atoms. The summed E-state index contributed by atoms with van der Waals surface area (Å²) >= 11 is 5.67. The van der Waals surface area contributed by atoms with Gasteiger partial charge in [-0.3, -0.25) is 4.79 Å². The fraction of sp³-hybridized carbons (Fsp3) is 0.545. The Morgan fingerprint density at radius 2 is 2.43 bits per heavy atom. The van der Waals surface area contributed by atoms with Gasteiger partial charge in [-0.05, 0) is 12.3 Å². The molecule has 0 aliphatic heterocycles. The van der Waals surface area contributed by atoms with Gasteiger partial charge in [0.2, 0.25) is 0 Å². The van der Waals surface area contributed by atoms with Crippen LogP contribution in [0.2, 0.25) is 0 Å². The van der Waals surface area contributed by atoms with E-state index in [9.17, 15) is 9.90 Å². The molecule has 1 N–H and O–H groups in total. The number of carbonyl (C=O) groups excluding carboxylic acids is 1. The zero-order valence-corrected chi connectivity index (χ0v) is 8.57. The summed E-state index contributed by atoms with van der Waals surface area (Å²) in [6.07, 6.45) is 6.37. The van der Waals surface area contributed by atoms with Crippen LogP contribution in [-0.4, -0.2) is 22.4 Å². The van der Waals surface area contributed by atoms with Gasteiger partial charge in [-0.25, -0.2) is 0 Å². The minimum Gasteiger partial charge on any atom is -0.380 e. The highest BCUT2D eigenvalue weighted by molar-refractivity contribution is 6.21. The summed E-state index contributed by atoms with van der Waals surface area (Å²) in [5, 5.41) is 10.1. The van der Waals surface area contributed by atoms with E-state index in [0.29, 0.717) is 0 Å². The number of carbonyl (C=O) groups is 1. The molecule has 76 valence electrons. The number of ketones is 1. The Balaban J connectivity index is 2.38. The van der Waals surface area contributed by atoms with Crippen molar-refractivity contribution < 1.29 is 9.90 Å². The molecule has 3 heteroatoms. The van der Waals surface area contributed by atoms with E-state index in [0.717, 1.165) is 6.42 Å². The van der Waals surface area contributed by atoms with Crippen molar-refractivity contribution in [1.29, 1.82) is 0 Å². The van der Waals surface area contributed by atoms with Crippen molar-refractivity contribution >= 4 is 17.4 Å². The first-order valence-electron chi connectivity index (χ1n) is 4.77. The number of rotatable bonds is 2. The van der Waals surface area contributed by atoms with Gasteiger partial charge in [-0.2, -0.15) is 0 Å². The molecule has 0 aromatic heterocycles. The maximum Gasteiger partial charge on any atom is 0.173 e. The Kier molecular flexibility index (Phi) is 2.28. The van der Waals surface area contributed by atoms with Crippen molar-refractivity contribution in [3.05, 3.63) is 24.8 Å². The van der Waals surface area contributed by atoms with Gasteiger partial charge < -0.3 is 5.11 Å². The van der Waals surface area contributed by atoms with Gasteiger partial charge in [-0.1, -0.05) is 18.2 Å². The lowest BCUT2D eigenvalue weighted by molar-refractivity contribution is -0.149. The standard InChI is InChI=1S/C11H13ClO2/c1-2-7-5-8-3-4-9(7)10(13)11(8,14)6-12/h2-4,7-9,14H,1,5-6H2/t7-,8+,9-,11+/m0/s1. The number of aliphatic hydroxyl groups is 1. The molecule has 1 fully saturated rings. The average molecular weight is 213 g/mol. The Morgan fingerprint density at radius 3 is 2.93 bits per heavy atom. The third-order valence-corrected chi connectivity index (χ3v) is 3.79. The third-order valence-electron chi connectivity index (χ3n) is 3.39. The van der Waals surface area contributed by atoms with E-state index in [-0.39, 0.29) is 29.4 Å². The largest absolute Gasteiger partial charge is 0.380 e. The van der Waals surface area contributed by atoms with Gasteiger partial charge in [0.05, 0.1) is 5.88 Å². The summed E-state index contributed by atoms with van der Waals surface area (Å²) in [6, 6.07) is 0. The number of halogens is 1. The second-order valence-corrected chi connectivity index (χ2v) is 4.34. The zero-order valence-electron chi connectivity index (χ0n) is 7.82. The maximum atomic E-state index is 11.9. The molecule has 2 bridgehead atoms. The molecular formula is C11H13ClO2. The predicted molar refractivity (Wildman–Crippen MR) is 55.1 cm³/mol. The Hall–Kier alpha value is -0.600. The molecule has 0 unspecified atom stereocenters. The van der Waals surface area contributed by atoms with Crippen molar-refractivity contribution in [3.63, 3.8) is 0 Å². The van der Waals surface area contributed by atoms with Crippen LogP contribution in [0.3, 0.4) is 0 Å². The quantitative estimate of drug-likeness (QED) is 0.557. The molecule has 0 spiro atoms. The SMILES string of the molecule is C=C[C@H]1C[C@H]2C=C[C@@H]1C(=O)[C@@]2(O)CCl. The summed E-state index contributed by atoms with van der Waals surface area (Å²) in [5.41, 5.74) is -1.33. The van der Waals surface area contributed by atoms with Gasteiger partial charge >= 0.3 is 0 Å². The van der Waals surface area contributed by atoms with Crippen LogP contribution >= 0.6 is 11.6 Å². The van der Waals surface area contributed by atoms with Crippen molar-refractivity contribution in [2.24, 2.45) is 17.8 Å². The molecule has 3 aliphatic rings. The summed E-state index contributed by atoms with van der Waals surface area (Å²) < 4.78 is 0. The monoisotopic (exact) mass is 212 g/mol. The molecular weight excluding hydrogens is 200 g/mol. The summed E-state index contributed by atoms with van der Waals surface area (Å²) in [4.78, 5) is 11.9. The second kappa shape index (κ2) is 3.21. The van der Waals surface area contributed by atoms with Crippen molar-refractivity contribution in [2.45, 2.75) is 12.0 Å². The van der Waals surface area contributed by atoms with Crippen LogP contribution in [0.1, 0.15) is 6.42 Å². The van der Waals surface area contributed by atoms with Crippen LogP contribution in [0.25, 0.3) is 0 Å². The number of fused-ring (bicyclic) bond motifs is 2. The highest BCUT2D eigenvalue weighted by atomic mass is 35.5. The highest BCUT2D eigenvalue weighted by Gasteiger charge is 2.53. The molecule has 4 atom stereocenters. The van der Waals surface area contributed by atoms with Crippen LogP contribution in [0, 0.1) is 17.8 Å². The van der Waals surface area contributed by atoms with Gasteiger partial charge in [-0.15, -0.1) is 18.2 Å². The van der Waals surface area contributed by atoms with E-state index in [1.165, 1.54) is 0 Å². The molecule has 0 radical (unpaired) electrons. The topological polar surface area (TPSA) is 37.3 Å². The van der Waals surface area contributed by atoms with Crippen molar-refractivity contribution in [2.75, 3.05) is 5.88 Å². The fourth-order valence-corrected chi connectivity index (χ4v) is 2.76. The van der Waals surface area contributed by atoms with E-state index in [2.05, 4.69) is 6.58 Å². The molecule has 2 nitrogen and oxygen atoms in total. The fourth-order valence-electron chi connectivity index (χ4n) is 2.43. The predicted octanol–water partition coefficient (Wildman–Crippen LogP) is 1.53. The van der Waals surface area contributed by atoms with Gasteiger partial charge in [0, 0.05) is 11.8 Å². The molecule has 0 saturated heterocycles. The molecule has 0 amide bonds. The van der Waals surface area contributed by atoms with Gasteiger partial charge in [0.15, 0.2) is 5.78 Å². The van der Waals surface area contributed by atoms with E-state index in [4.69, 9.17) is 11.6 Å². The van der Waals surface area contributed by atoms with Gasteiger partial charge in [0.25, 0.3) is 0 Å². The lowest BCUT2D eigenvalue weighted by Crippen LogP contribution is -2.57. The first-order chi connectivity index (χ1) is 6.63. The summed E-state index contributed by atoms with van der Waals surface area (Å²) in [5.74, 6) is -0.347. The van der Waals surface area contributed by atoms with Crippen LogP contribution in [-0.2, 0) is 4.79 Å². The molecule has 1 saturated carbocycles. The Labute approximate surface area is 88.3 Å². The number of Topliss-reactive ketones (excluding diaryl/α,β-unsaturated/α-hetero) is 1. The summed E-state index contributed by atoms with van der Waals surface area (Å²) in [7, 11) is 0. The average Bonchev–Trinajstić information content (AvgIpc) is 2.24. The third kappa shape index (κ3) is 1.11. The van der Waals surface area contributed by atoms with Crippen molar-refractivity contribution in [1.82, 2.24) is 0 Å². The number of hydrogen-bond donors (Lipinski definition) is 1. The van der Waals surface area contributed by atoms with E-state index < -0.39 is 5.60 Å². The number of allylic oxidation sites excluding steroid dienone is 2. The minimum absolute atomic E-state index is 0.0127. The lowest BCUT2D eigenvalue weighted by Gasteiger charge is -2.45. The Bertz CT molecular complexity index is 310. The zero-order chi connectivity index (χ0) is 10.3. The van der Waals surface area contributed by atoms with Crippen LogP contribution in [0.5, 0.6) is 0 Å². The first-order valence-corrected chi connectivity index (χ1v) is 5.30. The molecule has 0 heterocycles. The smallest absolute Gasteiger partial charge is 0.173 e. The Morgan fingerprint density at radius 1 is 1.71 bits per heavy atom. The normalized spacial score (nSPS) is 45.6. The van der Waals surface area contributed by atoms with Gasteiger partial charge in [0.1, 0.15) is 5.60 Å². The number of alkyl halides is 1. The van der Waals surface area contributed by atoms with E-state index in [1.54, 1.807) is 6.08 Å². The summed E-state index contributed by atoms with van der Waals surface area (Å²) in [6.45, 7) is 3.71. The maximum absolute atomic E-state index is 11.9. The second-order valence-electron chi connectivity index (χ2n) is 4.07. The van der Waals surface area contributed by atoms with E-state index in [1.807, 2.05) is 12.2 Å². The first kappa shape index (κ1) is 9.94. The molecule has 0 aromatic carbocycles. The lowest BCUT2D eigenvalue weighted by atomic mass is 9.61. The molecule has 0 aromatic rings.